The molecule has 0 heterocycles. The van der Waals surface area contributed by atoms with Gasteiger partial charge in [-0.15, -0.1) is 0 Å². The van der Waals surface area contributed by atoms with Gasteiger partial charge in [0.1, 0.15) is 6.10 Å². The maximum atomic E-state index is 10.8. The SMILES string of the molecule is CC(C)Cc1ccc(C(C)C(=O)O)cc1.OCC(O)CO. The third kappa shape index (κ3) is 8.45. The highest BCUT2D eigenvalue weighted by Crippen LogP contribution is 2.17. The second-order valence-corrected chi connectivity index (χ2v) is 5.42. The highest BCUT2D eigenvalue weighted by molar-refractivity contribution is 5.75. The monoisotopic (exact) mass is 298 g/mol. The summed E-state index contributed by atoms with van der Waals surface area (Å²) in [4.78, 5) is 10.8. The predicted molar refractivity (Wildman–Crippen MR) is 81.2 cm³/mol. The maximum absolute atomic E-state index is 10.8. The molecule has 0 amide bonds. The van der Waals surface area contributed by atoms with Crippen LogP contribution in [0.1, 0.15) is 37.8 Å². The van der Waals surface area contributed by atoms with Crippen LogP contribution < -0.4 is 0 Å². The molecule has 0 fully saturated rings. The van der Waals surface area contributed by atoms with Crippen LogP contribution >= 0.6 is 0 Å². The van der Waals surface area contributed by atoms with E-state index in [0.717, 1.165) is 12.0 Å². The Bertz CT molecular complexity index is 396. The molecule has 1 rings (SSSR count). The van der Waals surface area contributed by atoms with E-state index in [0.29, 0.717) is 5.92 Å². The molecule has 0 aliphatic heterocycles. The fraction of sp³-hybridized carbons (Fsp3) is 0.562. The van der Waals surface area contributed by atoms with Gasteiger partial charge in [0.05, 0.1) is 19.1 Å². The first kappa shape index (κ1) is 19.6. The second kappa shape index (κ2) is 10.3. The zero-order chi connectivity index (χ0) is 16.4. The van der Waals surface area contributed by atoms with Crippen molar-refractivity contribution in [1.82, 2.24) is 0 Å². The van der Waals surface area contributed by atoms with Gasteiger partial charge < -0.3 is 20.4 Å². The number of aliphatic hydroxyl groups excluding tert-OH is 3. The Morgan fingerprint density at radius 3 is 1.81 bits per heavy atom. The van der Waals surface area contributed by atoms with Crippen molar-refractivity contribution in [3.63, 3.8) is 0 Å². The normalized spacial score (nSPS) is 12.0. The number of hydrogen-bond donors (Lipinski definition) is 4. The summed E-state index contributed by atoms with van der Waals surface area (Å²) >= 11 is 0. The molecular weight excluding hydrogens is 272 g/mol. The van der Waals surface area contributed by atoms with E-state index in [1.54, 1.807) is 6.92 Å². The number of aliphatic carboxylic acids is 1. The van der Waals surface area contributed by atoms with Gasteiger partial charge in [-0.3, -0.25) is 4.79 Å². The van der Waals surface area contributed by atoms with Crippen molar-refractivity contribution in [2.75, 3.05) is 13.2 Å². The molecule has 0 aliphatic rings. The molecule has 0 aromatic heterocycles. The zero-order valence-electron chi connectivity index (χ0n) is 12.9. The molecule has 1 aromatic carbocycles. The van der Waals surface area contributed by atoms with E-state index in [1.807, 2.05) is 24.3 Å². The van der Waals surface area contributed by atoms with Crippen molar-refractivity contribution >= 4 is 5.97 Å². The van der Waals surface area contributed by atoms with Crippen LogP contribution in [0.3, 0.4) is 0 Å². The molecule has 120 valence electrons. The lowest BCUT2D eigenvalue weighted by molar-refractivity contribution is -0.138. The molecule has 21 heavy (non-hydrogen) atoms. The molecule has 0 bridgehead atoms. The topological polar surface area (TPSA) is 98.0 Å². The van der Waals surface area contributed by atoms with Crippen molar-refractivity contribution in [3.05, 3.63) is 35.4 Å². The summed E-state index contributed by atoms with van der Waals surface area (Å²) in [6.07, 6.45) is 0.0897. The first-order valence-corrected chi connectivity index (χ1v) is 7.03. The molecule has 0 saturated carbocycles. The van der Waals surface area contributed by atoms with Crippen LogP contribution in [-0.4, -0.2) is 45.7 Å². The van der Waals surface area contributed by atoms with Crippen LogP contribution in [0.25, 0.3) is 0 Å². The summed E-state index contributed by atoms with van der Waals surface area (Å²) in [5.41, 5.74) is 2.14. The lowest BCUT2D eigenvalue weighted by Gasteiger charge is -2.09. The Morgan fingerprint density at radius 2 is 1.52 bits per heavy atom. The van der Waals surface area contributed by atoms with Gasteiger partial charge in [-0.25, -0.2) is 0 Å². The lowest BCUT2D eigenvalue weighted by Crippen LogP contribution is -2.15. The van der Waals surface area contributed by atoms with Gasteiger partial charge >= 0.3 is 5.97 Å². The third-order valence-corrected chi connectivity index (χ3v) is 2.92. The Morgan fingerprint density at radius 1 is 1.05 bits per heavy atom. The van der Waals surface area contributed by atoms with Gasteiger partial charge in [0.2, 0.25) is 0 Å². The Hall–Kier alpha value is -1.43. The molecule has 5 nitrogen and oxygen atoms in total. The molecule has 1 atom stereocenters. The molecule has 0 saturated heterocycles. The van der Waals surface area contributed by atoms with E-state index in [4.69, 9.17) is 20.4 Å². The van der Waals surface area contributed by atoms with Crippen molar-refractivity contribution in [1.29, 1.82) is 0 Å². The van der Waals surface area contributed by atoms with Crippen LogP contribution in [-0.2, 0) is 11.2 Å². The number of carboxylic acids is 1. The van der Waals surface area contributed by atoms with Gasteiger partial charge in [-0.2, -0.15) is 0 Å². The van der Waals surface area contributed by atoms with Crippen molar-refractivity contribution in [2.24, 2.45) is 5.92 Å². The predicted octanol–water partition coefficient (Wildman–Crippen LogP) is 1.41. The molecule has 5 heteroatoms. The van der Waals surface area contributed by atoms with Crippen LogP contribution in [0.2, 0.25) is 0 Å². The highest BCUT2D eigenvalue weighted by Gasteiger charge is 2.12. The first-order valence-electron chi connectivity index (χ1n) is 7.03. The smallest absolute Gasteiger partial charge is 0.310 e. The minimum atomic E-state index is -0.954. The zero-order valence-corrected chi connectivity index (χ0v) is 12.9. The first-order chi connectivity index (χ1) is 9.81. The summed E-state index contributed by atoms with van der Waals surface area (Å²) in [5.74, 6) is -0.558. The number of rotatable bonds is 6. The number of carboxylic acid groups (broad SMARTS) is 1. The summed E-state index contributed by atoms with van der Waals surface area (Å²) < 4.78 is 0. The van der Waals surface area contributed by atoms with E-state index in [2.05, 4.69) is 13.8 Å². The fourth-order valence-corrected chi connectivity index (χ4v) is 1.61. The van der Waals surface area contributed by atoms with Crippen LogP contribution in [0.15, 0.2) is 24.3 Å². The number of benzene rings is 1. The molecule has 1 unspecified atom stereocenters. The Balaban J connectivity index is 0.000000567. The summed E-state index contributed by atoms with van der Waals surface area (Å²) in [6.45, 7) is 5.33. The summed E-state index contributed by atoms with van der Waals surface area (Å²) in [5, 5.41) is 32.9. The fourth-order valence-electron chi connectivity index (χ4n) is 1.61. The molecule has 0 spiro atoms. The third-order valence-electron chi connectivity index (χ3n) is 2.92. The number of hydrogen-bond acceptors (Lipinski definition) is 4. The van der Waals surface area contributed by atoms with Crippen molar-refractivity contribution in [3.8, 4) is 0 Å². The standard InChI is InChI=1S/C13H18O2.C3H8O3/c1-9(2)8-11-4-6-12(7-5-11)10(3)13(14)15;4-1-3(6)2-5/h4-7,9-10H,8H2,1-3H3,(H,14,15);3-6H,1-2H2. The summed E-state index contributed by atoms with van der Waals surface area (Å²) in [6, 6.07) is 7.87. The average Bonchev–Trinajstić information content (AvgIpc) is 2.46. The van der Waals surface area contributed by atoms with E-state index in [9.17, 15) is 4.79 Å². The lowest BCUT2D eigenvalue weighted by atomic mass is 9.97. The molecule has 1 aromatic rings. The largest absolute Gasteiger partial charge is 0.481 e. The Kier molecular flexibility index (Phi) is 9.62. The van der Waals surface area contributed by atoms with Gasteiger partial charge in [-0.1, -0.05) is 38.1 Å². The van der Waals surface area contributed by atoms with Crippen LogP contribution in [0.4, 0.5) is 0 Å². The van der Waals surface area contributed by atoms with Gasteiger partial charge in [0.25, 0.3) is 0 Å². The van der Waals surface area contributed by atoms with Gasteiger partial charge in [0.15, 0.2) is 0 Å². The Labute approximate surface area is 125 Å². The highest BCUT2D eigenvalue weighted by atomic mass is 16.4. The van der Waals surface area contributed by atoms with Crippen molar-refractivity contribution < 1.29 is 25.2 Å². The summed E-state index contributed by atoms with van der Waals surface area (Å²) in [7, 11) is 0. The number of carbonyl (C=O) groups is 1. The van der Waals surface area contributed by atoms with Crippen LogP contribution in [0.5, 0.6) is 0 Å². The molecule has 0 aliphatic carbocycles. The minimum absolute atomic E-state index is 0.365. The van der Waals surface area contributed by atoms with Gasteiger partial charge in [0, 0.05) is 0 Å². The average molecular weight is 298 g/mol. The quantitative estimate of drug-likeness (QED) is 0.636. The van der Waals surface area contributed by atoms with E-state index in [-0.39, 0.29) is 13.2 Å². The molecule has 0 radical (unpaired) electrons. The maximum Gasteiger partial charge on any atom is 0.310 e. The second-order valence-electron chi connectivity index (χ2n) is 5.42. The van der Waals surface area contributed by atoms with Crippen molar-refractivity contribution in [2.45, 2.75) is 39.2 Å². The molecular formula is C16H26O5. The molecule has 4 N–H and O–H groups in total. The minimum Gasteiger partial charge on any atom is -0.481 e. The van der Waals surface area contributed by atoms with E-state index in [1.165, 1.54) is 5.56 Å². The van der Waals surface area contributed by atoms with Crippen LogP contribution in [0, 0.1) is 5.92 Å². The van der Waals surface area contributed by atoms with Gasteiger partial charge in [-0.05, 0) is 30.4 Å². The number of aliphatic hydroxyl groups is 3. The van der Waals surface area contributed by atoms with E-state index >= 15 is 0 Å². The van der Waals surface area contributed by atoms with E-state index < -0.39 is 18.0 Å².